The molecule has 4 amide bonds. The molecular weight excluding hydrogens is 406 g/mol. The van der Waals surface area contributed by atoms with Crippen LogP contribution in [0.3, 0.4) is 0 Å². The highest BCUT2D eigenvalue weighted by Gasteiger charge is 2.45. The van der Waals surface area contributed by atoms with Crippen LogP contribution >= 0.6 is 0 Å². The number of benzene rings is 1. The fourth-order valence-electron chi connectivity index (χ4n) is 3.72. The third-order valence-corrected chi connectivity index (χ3v) is 5.23. The molecule has 1 fully saturated rings. The molecule has 0 aliphatic carbocycles. The molecule has 0 spiro atoms. The summed E-state index contributed by atoms with van der Waals surface area (Å²) in [6.45, 7) is 0.906. The molecule has 1 atom stereocenters. The molecule has 2 aliphatic heterocycles. The Labute approximate surface area is 176 Å². The van der Waals surface area contributed by atoms with E-state index in [0.29, 0.717) is 25.2 Å². The van der Waals surface area contributed by atoms with Crippen molar-refractivity contribution in [3.05, 3.63) is 47.3 Å². The molecule has 31 heavy (non-hydrogen) atoms. The molecule has 3 heterocycles. The van der Waals surface area contributed by atoms with Gasteiger partial charge >= 0.3 is 5.97 Å². The summed E-state index contributed by atoms with van der Waals surface area (Å²) in [6, 6.07) is 3.84. The summed E-state index contributed by atoms with van der Waals surface area (Å²) < 4.78 is 1.51. The Morgan fingerprint density at radius 2 is 2.03 bits per heavy atom. The van der Waals surface area contributed by atoms with Gasteiger partial charge in [0.05, 0.1) is 22.9 Å². The maximum atomic E-state index is 13.0. The zero-order chi connectivity index (χ0) is 22.1. The number of carbonyl (C=O) groups is 5. The van der Waals surface area contributed by atoms with Crippen LogP contribution in [0.2, 0.25) is 0 Å². The predicted molar refractivity (Wildman–Crippen MR) is 105 cm³/mol. The van der Waals surface area contributed by atoms with E-state index in [2.05, 4.69) is 15.7 Å². The predicted octanol–water partition coefficient (Wildman–Crippen LogP) is 0.485. The molecule has 160 valence electrons. The van der Waals surface area contributed by atoms with E-state index in [1.807, 2.05) is 0 Å². The van der Waals surface area contributed by atoms with Gasteiger partial charge in [-0.15, -0.1) is 0 Å². The lowest BCUT2D eigenvalue weighted by molar-refractivity contribution is -0.136. The zero-order valence-corrected chi connectivity index (χ0v) is 16.3. The summed E-state index contributed by atoms with van der Waals surface area (Å²) in [5, 5.41) is 18.2. The van der Waals surface area contributed by atoms with Gasteiger partial charge in [0, 0.05) is 31.4 Å². The first-order valence-electron chi connectivity index (χ1n) is 9.71. The van der Waals surface area contributed by atoms with Crippen LogP contribution in [0.25, 0.3) is 0 Å². The fourth-order valence-corrected chi connectivity index (χ4v) is 3.72. The minimum absolute atomic E-state index is 0.0614. The topological polar surface area (TPSA) is 151 Å². The Morgan fingerprint density at radius 3 is 2.74 bits per heavy atom. The molecule has 0 radical (unpaired) electrons. The van der Waals surface area contributed by atoms with Crippen molar-refractivity contribution in [3.63, 3.8) is 0 Å². The van der Waals surface area contributed by atoms with Crippen LogP contribution in [-0.4, -0.2) is 62.0 Å². The number of hydrogen-bond acceptors (Lipinski definition) is 7. The Kier molecular flexibility index (Phi) is 5.24. The van der Waals surface area contributed by atoms with E-state index in [4.69, 9.17) is 5.11 Å². The van der Waals surface area contributed by atoms with Crippen molar-refractivity contribution in [2.75, 3.05) is 11.9 Å². The number of anilines is 1. The second kappa shape index (κ2) is 8.01. The highest BCUT2D eigenvalue weighted by atomic mass is 16.4. The Hall–Kier alpha value is -4.02. The van der Waals surface area contributed by atoms with Gasteiger partial charge < -0.3 is 10.4 Å². The average molecular weight is 425 g/mol. The molecule has 2 aromatic rings. The van der Waals surface area contributed by atoms with Crippen LogP contribution in [0.15, 0.2) is 30.6 Å². The summed E-state index contributed by atoms with van der Waals surface area (Å²) >= 11 is 0. The lowest BCUT2D eigenvalue weighted by Gasteiger charge is -2.27. The van der Waals surface area contributed by atoms with Crippen molar-refractivity contribution in [2.45, 2.75) is 31.8 Å². The maximum Gasteiger partial charge on any atom is 0.338 e. The van der Waals surface area contributed by atoms with Crippen molar-refractivity contribution in [1.82, 2.24) is 20.0 Å². The van der Waals surface area contributed by atoms with Gasteiger partial charge in [-0.05, 0) is 25.0 Å². The third-order valence-electron chi connectivity index (χ3n) is 5.23. The average Bonchev–Trinajstić information content (AvgIpc) is 3.30. The molecular formula is C20H19N5O6. The summed E-state index contributed by atoms with van der Waals surface area (Å²) in [4.78, 5) is 61.2. The van der Waals surface area contributed by atoms with Crippen molar-refractivity contribution in [3.8, 4) is 0 Å². The molecule has 3 N–H and O–H groups in total. The first-order valence-corrected chi connectivity index (χ1v) is 9.71. The number of hydrogen-bond donors (Lipinski definition) is 3. The highest BCUT2D eigenvalue weighted by molar-refractivity contribution is 6.25. The van der Waals surface area contributed by atoms with Gasteiger partial charge in [0.1, 0.15) is 6.04 Å². The maximum absolute atomic E-state index is 13.0. The van der Waals surface area contributed by atoms with E-state index < -0.39 is 35.6 Å². The van der Waals surface area contributed by atoms with Crippen molar-refractivity contribution >= 4 is 35.3 Å². The monoisotopic (exact) mass is 425 g/mol. The number of amides is 4. The highest BCUT2D eigenvalue weighted by Crippen LogP contribution is 2.32. The second-order valence-corrected chi connectivity index (χ2v) is 7.25. The molecule has 1 aromatic carbocycles. The van der Waals surface area contributed by atoms with Crippen LogP contribution in [-0.2, 0) is 16.1 Å². The van der Waals surface area contributed by atoms with Gasteiger partial charge in [0.25, 0.3) is 11.8 Å². The van der Waals surface area contributed by atoms with Gasteiger partial charge in [-0.25, -0.2) is 4.79 Å². The van der Waals surface area contributed by atoms with Crippen molar-refractivity contribution in [2.24, 2.45) is 0 Å². The van der Waals surface area contributed by atoms with E-state index in [-0.39, 0.29) is 29.5 Å². The number of aryl methyl sites for hydroxylation is 1. The Bertz CT molecular complexity index is 1110. The van der Waals surface area contributed by atoms with Crippen molar-refractivity contribution < 1.29 is 29.1 Å². The molecule has 1 aromatic heterocycles. The molecule has 0 bridgehead atoms. The molecule has 11 nitrogen and oxygen atoms in total. The number of nitrogens with one attached hydrogen (secondary N) is 2. The van der Waals surface area contributed by atoms with Crippen molar-refractivity contribution in [1.29, 1.82) is 0 Å². The van der Waals surface area contributed by atoms with E-state index in [0.717, 1.165) is 4.90 Å². The Morgan fingerprint density at radius 1 is 1.23 bits per heavy atom. The standard InChI is InChI=1S/C20H19N5O6/c26-15-6-5-14(17(27)23-15)25-18(28)12-3-1-4-13(16(12)19(25)29)21-7-2-8-24-10-11(9-22-24)20(30)31/h1,3-4,9-10,14,21H,2,5-8H2,(H,30,31)(H,23,26,27). The summed E-state index contributed by atoms with van der Waals surface area (Å²) in [7, 11) is 0. The summed E-state index contributed by atoms with van der Waals surface area (Å²) in [6.07, 6.45) is 3.45. The Balaban J connectivity index is 1.44. The zero-order valence-electron chi connectivity index (χ0n) is 16.3. The van der Waals surface area contributed by atoms with Gasteiger partial charge in [-0.3, -0.25) is 34.1 Å². The second-order valence-electron chi connectivity index (χ2n) is 7.25. The first-order chi connectivity index (χ1) is 14.9. The number of carbonyl (C=O) groups excluding carboxylic acids is 4. The van der Waals surface area contributed by atoms with Gasteiger partial charge in [0.2, 0.25) is 11.8 Å². The molecule has 0 saturated carbocycles. The van der Waals surface area contributed by atoms with E-state index >= 15 is 0 Å². The normalized spacial score (nSPS) is 18.2. The number of fused-ring (bicyclic) bond motifs is 1. The summed E-state index contributed by atoms with van der Waals surface area (Å²) in [5.41, 5.74) is 0.978. The number of aromatic carboxylic acids is 1. The molecule has 11 heteroatoms. The number of rotatable bonds is 7. The number of piperidine rings is 1. The van der Waals surface area contributed by atoms with Crippen LogP contribution in [0, 0.1) is 0 Å². The SMILES string of the molecule is O=C1CCC(N2C(=O)c3cccc(NCCCn4cc(C(=O)O)cn4)c3C2=O)C(=O)N1. The number of carboxylic acid groups (broad SMARTS) is 1. The minimum Gasteiger partial charge on any atom is -0.478 e. The molecule has 1 unspecified atom stereocenters. The fraction of sp³-hybridized carbons (Fsp3) is 0.300. The van der Waals surface area contributed by atoms with E-state index in [9.17, 15) is 24.0 Å². The number of aromatic nitrogens is 2. The van der Waals surface area contributed by atoms with Gasteiger partial charge in [0.15, 0.2) is 0 Å². The van der Waals surface area contributed by atoms with Crippen LogP contribution in [0.1, 0.15) is 50.3 Å². The lowest BCUT2D eigenvalue weighted by atomic mass is 10.0. The lowest BCUT2D eigenvalue weighted by Crippen LogP contribution is -2.54. The number of nitrogens with zero attached hydrogens (tertiary/aromatic N) is 3. The number of imide groups is 2. The van der Waals surface area contributed by atoms with Crippen LogP contribution in [0.5, 0.6) is 0 Å². The minimum atomic E-state index is -1.05. The first kappa shape index (κ1) is 20.3. The molecule has 1 saturated heterocycles. The van der Waals surface area contributed by atoms with Gasteiger partial charge in [-0.2, -0.15) is 5.10 Å². The molecule has 4 rings (SSSR count). The molecule has 2 aliphatic rings. The number of carboxylic acids is 1. The smallest absolute Gasteiger partial charge is 0.338 e. The van der Waals surface area contributed by atoms with Gasteiger partial charge in [-0.1, -0.05) is 6.07 Å². The third kappa shape index (κ3) is 3.77. The van der Waals surface area contributed by atoms with Crippen LogP contribution < -0.4 is 10.6 Å². The quantitative estimate of drug-likeness (QED) is 0.428. The summed E-state index contributed by atoms with van der Waals surface area (Å²) in [5.74, 6) is -3.26. The van der Waals surface area contributed by atoms with E-state index in [1.165, 1.54) is 23.1 Å². The van der Waals surface area contributed by atoms with E-state index in [1.54, 1.807) is 12.1 Å². The van der Waals surface area contributed by atoms with Crippen LogP contribution in [0.4, 0.5) is 5.69 Å². The largest absolute Gasteiger partial charge is 0.478 e.